The first-order valence-electron chi connectivity index (χ1n) is 6.08. The molecule has 6 heteroatoms. The smallest absolute Gasteiger partial charge is 0.233 e. The van der Waals surface area contributed by atoms with Crippen LogP contribution >= 0.6 is 23.2 Å². The van der Waals surface area contributed by atoms with Crippen molar-refractivity contribution in [1.29, 1.82) is 0 Å². The largest absolute Gasteiger partial charge is 0.342 e. The van der Waals surface area contributed by atoms with E-state index in [-0.39, 0.29) is 18.2 Å². The molecule has 1 aromatic carbocycles. The van der Waals surface area contributed by atoms with Crippen LogP contribution in [0.25, 0.3) is 0 Å². The van der Waals surface area contributed by atoms with E-state index in [0.717, 1.165) is 25.9 Å². The molecule has 0 radical (unpaired) electrons. The second-order valence-electron chi connectivity index (χ2n) is 4.47. The first-order chi connectivity index (χ1) is 9.04. The van der Waals surface area contributed by atoms with E-state index in [4.69, 9.17) is 23.2 Å². The fraction of sp³-hybridized carbons (Fsp3) is 0.385. The van der Waals surface area contributed by atoms with E-state index in [1.807, 2.05) is 0 Å². The van der Waals surface area contributed by atoms with Gasteiger partial charge in [-0.25, -0.2) is 0 Å². The summed E-state index contributed by atoms with van der Waals surface area (Å²) in [6.07, 6.45) is 1.87. The Morgan fingerprint density at radius 2 is 1.68 bits per heavy atom. The van der Waals surface area contributed by atoms with Crippen molar-refractivity contribution in [2.45, 2.75) is 19.3 Å². The number of likely N-dealkylation sites (tertiary alicyclic amines) is 1. The third-order valence-corrected chi connectivity index (χ3v) is 3.35. The molecule has 1 fully saturated rings. The van der Waals surface area contributed by atoms with Gasteiger partial charge in [0.15, 0.2) is 0 Å². The summed E-state index contributed by atoms with van der Waals surface area (Å²) in [6.45, 7) is 1.49. The zero-order chi connectivity index (χ0) is 13.8. The monoisotopic (exact) mass is 300 g/mol. The number of halogens is 2. The van der Waals surface area contributed by atoms with Crippen molar-refractivity contribution in [2.75, 3.05) is 18.4 Å². The molecule has 1 saturated heterocycles. The lowest BCUT2D eigenvalue weighted by atomic mass is 10.3. The van der Waals surface area contributed by atoms with Gasteiger partial charge in [-0.05, 0) is 31.0 Å². The Bertz CT molecular complexity index is 479. The average molecular weight is 301 g/mol. The van der Waals surface area contributed by atoms with Crippen molar-refractivity contribution < 1.29 is 9.59 Å². The fourth-order valence-corrected chi connectivity index (χ4v) is 2.57. The fourth-order valence-electron chi connectivity index (χ4n) is 2.05. The summed E-state index contributed by atoms with van der Waals surface area (Å²) in [7, 11) is 0. The third kappa shape index (κ3) is 4.11. The van der Waals surface area contributed by atoms with Crippen molar-refractivity contribution in [3.05, 3.63) is 28.2 Å². The van der Waals surface area contributed by atoms with Gasteiger partial charge in [-0.3, -0.25) is 9.59 Å². The molecule has 1 aliphatic heterocycles. The number of hydrogen-bond acceptors (Lipinski definition) is 2. The lowest BCUT2D eigenvalue weighted by Gasteiger charge is -2.14. The average Bonchev–Trinajstić information content (AvgIpc) is 2.80. The molecule has 0 saturated carbocycles. The molecule has 1 heterocycles. The SMILES string of the molecule is O=C(CC(=O)N1CCCC1)Nc1cc(Cl)cc(Cl)c1. The highest BCUT2D eigenvalue weighted by Crippen LogP contribution is 2.22. The minimum atomic E-state index is -0.352. The summed E-state index contributed by atoms with van der Waals surface area (Å²) in [5.41, 5.74) is 0.497. The quantitative estimate of drug-likeness (QED) is 0.873. The summed E-state index contributed by atoms with van der Waals surface area (Å²) in [5, 5.41) is 3.50. The van der Waals surface area contributed by atoms with Gasteiger partial charge in [-0.1, -0.05) is 23.2 Å². The first-order valence-corrected chi connectivity index (χ1v) is 6.84. The van der Waals surface area contributed by atoms with Crippen LogP contribution in [0.3, 0.4) is 0 Å². The summed E-state index contributed by atoms with van der Waals surface area (Å²) in [6, 6.07) is 4.76. The number of hydrogen-bond donors (Lipinski definition) is 1. The minimum Gasteiger partial charge on any atom is -0.342 e. The molecular formula is C13H14Cl2N2O2. The Morgan fingerprint density at radius 1 is 1.11 bits per heavy atom. The zero-order valence-electron chi connectivity index (χ0n) is 10.3. The predicted molar refractivity (Wildman–Crippen MR) is 75.5 cm³/mol. The number of nitrogens with one attached hydrogen (secondary N) is 1. The molecule has 102 valence electrons. The molecule has 1 N–H and O–H groups in total. The number of benzene rings is 1. The summed E-state index contributed by atoms with van der Waals surface area (Å²) >= 11 is 11.7. The molecule has 1 aliphatic rings. The summed E-state index contributed by atoms with van der Waals surface area (Å²) < 4.78 is 0. The molecular weight excluding hydrogens is 287 g/mol. The lowest BCUT2D eigenvalue weighted by Crippen LogP contribution is -2.31. The third-order valence-electron chi connectivity index (χ3n) is 2.92. The highest BCUT2D eigenvalue weighted by Gasteiger charge is 2.20. The molecule has 0 bridgehead atoms. The van der Waals surface area contributed by atoms with Gasteiger partial charge in [0.05, 0.1) is 0 Å². The molecule has 4 nitrogen and oxygen atoms in total. The summed E-state index contributed by atoms with van der Waals surface area (Å²) in [4.78, 5) is 25.3. The van der Waals surface area contributed by atoms with Crippen LogP contribution in [0.5, 0.6) is 0 Å². The molecule has 1 aromatic rings. The van der Waals surface area contributed by atoms with Gasteiger partial charge in [-0.2, -0.15) is 0 Å². The molecule has 2 rings (SSSR count). The molecule has 0 atom stereocenters. The van der Waals surface area contributed by atoms with Gasteiger partial charge >= 0.3 is 0 Å². The first kappa shape index (κ1) is 14.2. The van der Waals surface area contributed by atoms with Gasteiger partial charge in [0.25, 0.3) is 0 Å². The van der Waals surface area contributed by atoms with Gasteiger partial charge < -0.3 is 10.2 Å². The van der Waals surface area contributed by atoms with Crippen LogP contribution in [0.2, 0.25) is 10.0 Å². The second kappa shape index (κ2) is 6.26. The Morgan fingerprint density at radius 3 is 2.26 bits per heavy atom. The molecule has 0 aliphatic carbocycles. The molecule has 0 unspecified atom stereocenters. The van der Waals surface area contributed by atoms with Crippen LogP contribution in [-0.4, -0.2) is 29.8 Å². The van der Waals surface area contributed by atoms with Crippen LogP contribution in [0.1, 0.15) is 19.3 Å². The number of nitrogens with zero attached hydrogens (tertiary/aromatic N) is 1. The zero-order valence-corrected chi connectivity index (χ0v) is 11.8. The van der Waals surface area contributed by atoms with E-state index in [0.29, 0.717) is 15.7 Å². The van der Waals surface area contributed by atoms with Crippen molar-refractivity contribution in [2.24, 2.45) is 0 Å². The Balaban J connectivity index is 1.91. The number of amides is 2. The predicted octanol–water partition coefficient (Wildman–Crippen LogP) is 2.94. The second-order valence-corrected chi connectivity index (χ2v) is 5.34. The van der Waals surface area contributed by atoms with Crippen molar-refractivity contribution in [3.63, 3.8) is 0 Å². The Labute approximate surface area is 121 Å². The Kier molecular flexibility index (Phi) is 4.66. The van der Waals surface area contributed by atoms with Crippen molar-refractivity contribution >= 4 is 40.7 Å². The van der Waals surface area contributed by atoms with Crippen LogP contribution in [-0.2, 0) is 9.59 Å². The van der Waals surface area contributed by atoms with E-state index in [1.165, 1.54) is 0 Å². The number of carbonyl (C=O) groups excluding carboxylic acids is 2. The molecule has 0 aromatic heterocycles. The topological polar surface area (TPSA) is 49.4 Å². The van der Waals surface area contributed by atoms with Gasteiger partial charge in [0, 0.05) is 28.8 Å². The summed E-state index contributed by atoms with van der Waals surface area (Å²) in [5.74, 6) is -0.488. The highest BCUT2D eigenvalue weighted by atomic mass is 35.5. The van der Waals surface area contributed by atoms with E-state index in [1.54, 1.807) is 23.1 Å². The van der Waals surface area contributed by atoms with Crippen LogP contribution in [0.15, 0.2) is 18.2 Å². The van der Waals surface area contributed by atoms with E-state index in [9.17, 15) is 9.59 Å². The van der Waals surface area contributed by atoms with E-state index >= 15 is 0 Å². The number of anilines is 1. The molecule has 2 amide bonds. The van der Waals surface area contributed by atoms with E-state index < -0.39 is 0 Å². The number of rotatable bonds is 3. The van der Waals surface area contributed by atoms with Crippen molar-refractivity contribution in [3.8, 4) is 0 Å². The standard InChI is InChI=1S/C13H14Cl2N2O2/c14-9-5-10(15)7-11(6-9)16-12(18)8-13(19)17-3-1-2-4-17/h5-7H,1-4,8H2,(H,16,18). The van der Waals surface area contributed by atoms with Crippen molar-refractivity contribution in [1.82, 2.24) is 4.90 Å². The lowest BCUT2D eigenvalue weighted by molar-refractivity contribution is -0.133. The maximum Gasteiger partial charge on any atom is 0.233 e. The van der Waals surface area contributed by atoms with Gasteiger partial charge in [0.2, 0.25) is 11.8 Å². The number of carbonyl (C=O) groups is 2. The van der Waals surface area contributed by atoms with Gasteiger partial charge in [-0.15, -0.1) is 0 Å². The van der Waals surface area contributed by atoms with Crippen LogP contribution in [0.4, 0.5) is 5.69 Å². The highest BCUT2D eigenvalue weighted by molar-refractivity contribution is 6.35. The van der Waals surface area contributed by atoms with Crippen LogP contribution < -0.4 is 5.32 Å². The Hall–Kier alpha value is -1.26. The van der Waals surface area contributed by atoms with Gasteiger partial charge in [0.1, 0.15) is 6.42 Å². The minimum absolute atomic E-state index is 0.136. The maximum atomic E-state index is 11.8. The van der Waals surface area contributed by atoms with E-state index in [2.05, 4.69) is 5.32 Å². The van der Waals surface area contributed by atoms with Crippen LogP contribution in [0, 0.1) is 0 Å². The maximum absolute atomic E-state index is 11.8. The molecule has 0 spiro atoms. The molecule has 19 heavy (non-hydrogen) atoms. The normalized spacial score (nSPS) is 14.5.